The van der Waals surface area contributed by atoms with Gasteiger partial charge in [-0.05, 0) is 58.7 Å². The summed E-state index contributed by atoms with van der Waals surface area (Å²) in [4.78, 5) is 14.3. The van der Waals surface area contributed by atoms with Crippen LogP contribution in [0.25, 0.3) is 0 Å². The van der Waals surface area contributed by atoms with Crippen molar-refractivity contribution in [3.8, 4) is 5.75 Å². The number of halogens is 1. The molecule has 2 N–H and O–H groups in total. The minimum absolute atomic E-state index is 0.0402. The number of benzene rings is 1. The van der Waals surface area contributed by atoms with Gasteiger partial charge >= 0.3 is 0 Å². The molecule has 0 aliphatic heterocycles. The van der Waals surface area contributed by atoms with Crippen LogP contribution < -0.4 is 15.0 Å². The Labute approximate surface area is 140 Å². The maximum absolute atomic E-state index is 12.2. The molecule has 1 aromatic heterocycles. The zero-order valence-electron chi connectivity index (χ0n) is 11.7. The molecule has 6 nitrogen and oxygen atoms in total. The quantitative estimate of drug-likeness (QED) is 0.749. The number of carbonyl (C=O) groups is 1. The molecule has 9 heteroatoms. The molecule has 118 valence electrons. The lowest BCUT2D eigenvalue weighted by atomic mass is 10.2. The summed E-state index contributed by atoms with van der Waals surface area (Å²) in [5.74, 6) is 0.0657. The summed E-state index contributed by atoms with van der Waals surface area (Å²) in [6, 6.07) is 7.73. The van der Waals surface area contributed by atoms with E-state index in [2.05, 4.69) is 26.2 Å². The molecule has 0 saturated heterocycles. The van der Waals surface area contributed by atoms with Crippen molar-refractivity contribution in [3.05, 3.63) is 44.6 Å². The number of thiophene rings is 1. The van der Waals surface area contributed by atoms with Crippen LogP contribution in [-0.4, -0.2) is 21.4 Å². The Morgan fingerprint density at radius 2 is 2.00 bits per heavy atom. The van der Waals surface area contributed by atoms with Crippen molar-refractivity contribution in [1.29, 1.82) is 0 Å². The van der Waals surface area contributed by atoms with Crippen molar-refractivity contribution >= 4 is 43.2 Å². The third-order valence-corrected chi connectivity index (χ3v) is 5.64. The van der Waals surface area contributed by atoms with Crippen LogP contribution in [0.3, 0.4) is 0 Å². The first-order valence-corrected chi connectivity index (χ1v) is 9.15. The maximum atomic E-state index is 12.2. The largest absolute Gasteiger partial charge is 0.496 e. The van der Waals surface area contributed by atoms with Crippen LogP contribution in [0.5, 0.6) is 5.75 Å². The molecular formula is C13H13BrN2O4S2. The topological polar surface area (TPSA) is 84.5 Å². The van der Waals surface area contributed by atoms with Crippen LogP contribution in [0.4, 0.5) is 0 Å². The van der Waals surface area contributed by atoms with Crippen LogP contribution in [0, 0.1) is 6.92 Å². The normalized spacial score (nSPS) is 11.2. The average molecular weight is 405 g/mol. The van der Waals surface area contributed by atoms with E-state index in [4.69, 9.17) is 4.74 Å². The number of aryl methyl sites for hydroxylation is 1. The molecule has 0 aliphatic rings. The van der Waals surface area contributed by atoms with Crippen molar-refractivity contribution in [2.75, 3.05) is 7.11 Å². The number of hydrazine groups is 1. The lowest BCUT2D eigenvalue weighted by molar-refractivity contribution is 0.0949. The monoisotopic (exact) mass is 404 g/mol. The summed E-state index contributed by atoms with van der Waals surface area (Å²) in [7, 11) is -2.34. The van der Waals surface area contributed by atoms with Crippen LogP contribution in [0.15, 0.2) is 39.0 Å². The molecule has 0 fully saturated rings. The fourth-order valence-corrected chi connectivity index (χ4v) is 3.89. The molecule has 1 heterocycles. The van der Waals surface area contributed by atoms with Crippen LogP contribution in [-0.2, 0) is 10.0 Å². The highest BCUT2D eigenvalue weighted by atomic mass is 79.9. The Bertz CT molecular complexity index is 802. The molecule has 0 unspecified atom stereocenters. The molecule has 1 amide bonds. The summed E-state index contributed by atoms with van der Waals surface area (Å²) in [5, 5.41) is 0. The summed E-state index contributed by atoms with van der Waals surface area (Å²) in [5.41, 5.74) is 2.86. The standard InChI is InChI=1S/C13H13BrN2O4S2/c1-8-7-9(3-4-10(8)20-2)22(18,19)16-15-13(17)11-5-6-12(14)21-11/h3-7,16H,1-2H3,(H,15,17). The van der Waals surface area contributed by atoms with Gasteiger partial charge in [-0.2, -0.15) is 0 Å². The number of carbonyl (C=O) groups excluding carboxylic acids is 1. The zero-order chi connectivity index (χ0) is 16.3. The molecule has 0 aliphatic carbocycles. The van der Waals surface area contributed by atoms with E-state index >= 15 is 0 Å². The number of hydrogen-bond donors (Lipinski definition) is 2. The average Bonchev–Trinajstić information content (AvgIpc) is 2.91. The van der Waals surface area contributed by atoms with Gasteiger partial charge in [0.2, 0.25) is 0 Å². The van der Waals surface area contributed by atoms with E-state index in [-0.39, 0.29) is 4.90 Å². The van der Waals surface area contributed by atoms with Crippen molar-refractivity contribution in [3.63, 3.8) is 0 Å². The van der Waals surface area contributed by atoms with E-state index in [0.717, 1.165) is 3.79 Å². The van der Waals surface area contributed by atoms with Gasteiger partial charge in [-0.15, -0.1) is 16.2 Å². The predicted molar refractivity (Wildman–Crippen MR) is 87.5 cm³/mol. The highest BCUT2D eigenvalue weighted by Crippen LogP contribution is 2.22. The summed E-state index contributed by atoms with van der Waals surface area (Å²) >= 11 is 4.44. The lowest BCUT2D eigenvalue weighted by Gasteiger charge is -2.10. The molecule has 0 bridgehead atoms. The van der Waals surface area contributed by atoms with Crippen molar-refractivity contribution in [2.45, 2.75) is 11.8 Å². The third-order valence-electron chi connectivity index (χ3n) is 2.77. The van der Waals surface area contributed by atoms with Crippen molar-refractivity contribution < 1.29 is 17.9 Å². The van der Waals surface area contributed by atoms with E-state index in [0.29, 0.717) is 16.2 Å². The van der Waals surface area contributed by atoms with Crippen LogP contribution in [0.2, 0.25) is 0 Å². The summed E-state index contributed by atoms with van der Waals surface area (Å²) < 4.78 is 30.2. The highest BCUT2D eigenvalue weighted by molar-refractivity contribution is 9.11. The first kappa shape index (κ1) is 16.9. The fourth-order valence-electron chi connectivity index (χ4n) is 1.69. The van der Waals surface area contributed by atoms with Gasteiger partial charge in [0.15, 0.2) is 0 Å². The molecule has 22 heavy (non-hydrogen) atoms. The third kappa shape index (κ3) is 3.86. The second-order valence-electron chi connectivity index (χ2n) is 4.29. The van der Waals surface area contributed by atoms with Gasteiger partial charge in [0.05, 0.1) is 20.7 Å². The lowest BCUT2D eigenvalue weighted by Crippen LogP contribution is -2.41. The number of nitrogens with one attached hydrogen (secondary N) is 2. The fraction of sp³-hybridized carbons (Fsp3) is 0.154. The molecule has 0 radical (unpaired) electrons. The van der Waals surface area contributed by atoms with E-state index in [1.54, 1.807) is 25.1 Å². The Morgan fingerprint density at radius 3 is 2.55 bits per heavy atom. The minimum Gasteiger partial charge on any atom is -0.496 e. The van der Waals surface area contributed by atoms with Gasteiger partial charge in [-0.3, -0.25) is 10.2 Å². The Morgan fingerprint density at radius 1 is 1.27 bits per heavy atom. The summed E-state index contributed by atoms with van der Waals surface area (Å²) in [6.45, 7) is 1.74. The van der Waals surface area contributed by atoms with Gasteiger partial charge in [0.1, 0.15) is 5.75 Å². The first-order valence-electron chi connectivity index (χ1n) is 6.05. The maximum Gasteiger partial charge on any atom is 0.276 e. The van der Waals surface area contributed by atoms with Gasteiger partial charge < -0.3 is 4.74 Å². The van der Waals surface area contributed by atoms with E-state index in [9.17, 15) is 13.2 Å². The predicted octanol–water partition coefficient (Wildman–Crippen LogP) is 2.45. The molecular weight excluding hydrogens is 392 g/mol. The van der Waals surface area contributed by atoms with Crippen LogP contribution >= 0.6 is 27.3 Å². The number of rotatable bonds is 5. The minimum atomic E-state index is -3.85. The second kappa shape index (κ2) is 6.78. The number of methoxy groups -OCH3 is 1. The van der Waals surface area contributed by atoms with Gasteiger partial charge in [0.25, 0.3) is 15.9 Å². The van der Waals surface area contributed by atoms with Gasteiger partial charge in [-0.25, -0.2) is 8.42 Å². The Hall–Kier alpha value is -1.42. The number of amides is 1. The molecule has 0 spiro atoms. The number of ether oxygens (including phenoxy) is 1. The molecule has 2 aromatic rings. The number of sulfonamides is 1. The van der Waals surface area contributed by atoms with Crippen molar-refractivity contribution in [1.82, 2.24) is 10.3 Å². The van der Waals surface area contributed by atoms with Gasteiger partial charge in [0, 0.05) is 0 Å². The highest BCUT2D eigenvalue weighted by Gasteiger charge is 2.17. The zero-order valence-corrected chi connectivity index (χ0v) is 14.9. The summed E-state index contributed by atoms with van der Waals surface area (Å²) in [6.07, 6.45) is 0. The number of hydrogen-bond acceptors (Lipinski definition) is 5. The molecule has 0 atom stereocenters. The Balaban J connectivity index is 2.11. The van der Waals surface area contributed by atoms with E-state index in [1.165, 1.54) is 30.6 Å². The van der Waals surface area contributed by atoms with E-state index < -0.39 is 15.9 Å². The molecule has 0 saturated carbocycles. The first-order chi connectivity index (χ1) is 10.3. The Kier molecular flexibility index (Phi) is 5.22. The molecule has 2 rings (SSSR count). The van der Waals surface area contributed by atoms with Crippen LogP contribution in [0.1, 0.15) is 15.2 Å². The van der Waals surface area contributed by atoms with Crippen molar-refractivity contribution in [2.24, 2.45) is 0 Å². The van der Waals surface area contributed by atoms with E-state index in [1.807, 2.05) is 0 Å². The smallest absolute Gasteiger partial charge is 0.276 e. The SMILES string of the molecule is COc1ccc(S(=O)(=O)NNC(=O)c2ccc(Br)s2)cc1C. The molecule has 1 aromatic carbocycles. The van der Waals surface area contributed by atoms with Gasteiger partial charge in [-0.1, -0.05) is 0 Å². The second-order valence-corrected chi connectivity index (χ2v) is 8.44.